The number of carbonyl (C=O) groups excluding carboxylic acids is 2. The zero-order valence-corrected chi connectivity index (χ0v) is 16.3. The molecule has 0 bridgehead atoms. The molecule has 0 saturated carbocycles. The van der Waals surface area contributed by atoms with Gasteiger partial charge in [0, 0.05) is 28.9 Å². The number of ketones is 1. The number of fused-ring (bicyclic) bond motifs is 1. The van der Waals surface area contributed by atoms with E-state index in [1.54, 1.807) is 22.9 Å². The first-order valence-electron chi connectivity index (χ1n) is 9.22. The molecule has 7 heteroatoms. The summed E-state index contributed by atoms with van der Waals surface area (Å²) in [6, 6.07) is 8.92. The Balaban J connectivity index is 1.61. The van der Waals surface area contributed by atoms with Crippen molar-refractivity contribution in [3.63, 3.8) is 0 Å². The molecule has 0 amide bonds. The van der Waals surface area contributed by atoms with E-state index < -0.39 is 5.97 Å². The quantitative estimate of drug-likeness (QED) is 0.464. The molecular formula is C21H23N3O4. The Morgan fingerprint density at radius 2 is 1.93 bits per heavy atom. The van der Waals surface area contributed by atoms with Gasteiger partial charge in [-0.05, 0) is 39.0 Å². The molecule has 0 atom stereocenters. The van der Waals surface area contributed by atoms with E-state index in [9.17, 15) is 14.4 Å². The molecule has 3 aromatic rings. The van der Waals surface area contributed by atoms with Crippen molar-refractivity contribution in [3.8, 4) is 0 Å². The maximum Gasteiger partial charge on any atom is 0.308 e. The molecule has 0 N–H and O–H groups in total. The number of para-hydroxylation sites is 1. The summed E-state index contributed by atoms with van der Waals surface area (Å²) in [4.78, 5) is 36.3. The Labute approximate surface area is 162 Å². The first kappa shape index (κ1) is 19.5. The lowest BCUT2D eigenvalue weighted by Gasteiger charge is -2.09. The number of Topliss-reactive ketones (excluding diaryl/α,β-unsaturated/α-hetero) is 1. The minimum Gasteiger partial charge on any atom is -0.457 e. The number of rotatable bonds is 7. The number of hydrogen-bond acceptors (Lipinski definition) is 5. The fraction of sp³-hybridized carbons (Fsp3) is 0.333. The second kappa shape index (κ2) is 8.21. The van der Waals surface area contributed by atoms with Crippen LogP contribution in [0.1, 0.15) is 35.1 Å². The average Bonchev–Trinajstić information content (AvgIpc) is 2.99. The van der Waals surface area contributed by atoms with E-state index >= 15 is 0 Å². The van der Waals surface area contributed by atoms with Crippen LogP contribution in [0.5, 0.6) is 0 Å². The summed E-state index contributed by atoms with van der Waals surface area (Å²) in [6.45, 7) is 6.61. The zero-order chi connectivity index (χ0) is 20.3. The highest BCUT2D eigenvalue weighted by Crippen LogP contribution is 2.16. The van der Waals surface area contributed by atoms with Gasteiger partial charge in [0.1, 0.15) is 0 Å². The van der Waals surface area contributed by atoms with Crippen LogP contribution in [0.4, 0.5) is 0 Å². The van der Waals surface area contributed by atoms with Crippen LogP contribution in [0.3, 0.4) is 0 Å². The van der Waals surface area contributed by atoms with Crippen LogP contribution in [0.25, 0.3) is 10.9 Å². The lowest BCUT2D eigenvalue weighted by Crippen LogP contribution is -2.18. The first-order valence-corrected chi connectivity index (χ1v) is 9.22. The van der Waals surface area contributed by atoms with Crippen molar-refractivity contribution in [1.29, 1.82) is 0 Å². The second-order valence-corrected chi connectivity index (χ2v) is 6.61. The molecule has 2 aromatic heterocycles. The van der Waals surface area contributed by atoms with E-state index in [0.29, 0.717) is 16.5 Å². The lowest BCUT2D eigenvalue weighted by atomic mass is 10.1. The number of aryl methyl sites for hydroxylation is 2. The summed E-state index contributed by atoms with van der Waals surface area (Å²) in [5, 5.41) is 4.63. The fourth-order valence-electron chi connectivity index (χ4n) is 3.40. The van der Waals surface area contributed by atoms with E-state index in [4.69, 9.17) is 4.74 Å². The van der Waals surface area contributed by atoms with Crippen LogP contribution in [0.2, 0.25) is 0 Å². The molecule has 0 unspecified atom stereocenters. The molecule has 1 aromatic carbocycles. The molecule has 0 aliphatic carbocycles. The van der Waals surface area contributed by atoms with Gasteiger partial charge in [0.25, 0.3) is 0 Å². The Morgan fingerprint density at radius 1 is 1.18 bits per heavy atom. The molecule has 146 valence electrons. The molecule has 3 rings (SSSR count). The van der Waals surface area contributed by atoms with E-state index in [0.717, 1.165) is 17.9 Å². The summed E-state index contributed by atoms with van der Waals surface area (Å²) < 4.78 is 8.79. The molecule has 7 nitrogen and oxygen atoms in total. The van der Waals surface area contributed by atoms with Crippen molar-refractivity contribution < 1.29 is 14.3 Å². The summed E-state index contributed by atoms with van der Waals surface area (Å²) in [5.74, 6) is -0.699. The summed E-state index contributed by atoms with van der Waals surface area (Å²) >= 11 is 0. The van der Waals surface area contributed by atoms with Crippen molar-refractivity contribution >= 4 is 22.7 Å². The SMILES string of the molecule is CCn1c(C)cc(C(=O)COC(=O)CCn2ncc(=O)c3ccccc32)c1C. The number of carbonyl (C=O) groups is 2. The number of ether oxygens (including phenoxy) is 1. The number of aromatic nitrogens is 3. The van der Waals surface area contributed by atoms with Gasteiger partial charge in [-0.25, -0.2) is 0 Å². The third kappa shape index (κ3) is 3.88. The average molecular weight is 381 g/mol. The van der Waals surface area contributed by atoms with Gasteiger partial charge in [0.2, 0.25) is 11.2 Å². The van der Waals surface area contributed by atoms with Gasteiger partial charge in [-0.2, -0.15) is 5.10 Å². The van der Waals surface area contributed by atoms with Crippen LogP contribution in [-0.2, 0) is 22.6 Å². The van der Waals surface area contributed by atoms with Crippen LogP contribution in [0, 0.1) is 13.8 Å². The Bertz CT molecular complexity index is 1090. The maximum atomic E-state index is 12.4. The van der Waals surface area contributed by atoms with Crippen LogP contribution < -0.4 is 5.43 Å². The molecule has 0 saturated heterocycles. The minimum atomic E-state index is -0.484. The van der Waals surface area contributed by atoms with Crippen LogP contribution in [-0.4, -0.2) is 32.7 Å². The minimum absolute atomic E-state index is 0.0567. The second-order valence-electron chi connectivity index (χ2n) is 6.61. The highest BCUT2D eigenvalue weighted by molar-refractivity contribution is 5.99. The van der Waals surface area contributed by atoms with Gasteiger partial charge in [0.15, 0.2) is 6.61 Å². The van der Waals surface area contributed by atoms with Crippen molar-refractivity contribution in [3.05, 3.63) is 63.7 Å². The van der Waals surface area contributed by atoms with Crippen molar-refractivity contribution in [2.45, 2.75) is 40.3 Å². The monoisotopic (exact) mass is 381 g/mol. The van der Waals surface area contributed by atoms with E-state index in [1.165, 1.54) is 6.20 Å². The number of benzene rings is 1. The third-order valence-corrected chi connectivity index (χ3v) is 4.84. The molecule has 0 fully saturated rings. The van der Waals surface area contributed by atoms with Gasteiger partial charge in [-0.15, -0.1) is 0 Å². The van der Waals surface area contributed by atoms with E-state index in [-0.39, 0.29) is 30.8 Å². The highest BCUT2D eigenvalue weighted by atomic mass is 16.5. The normalized spacial score (nSPS) is 11.0. The van der Waals surface area contributed by atoms with Crippen molar-refractivity contribution in [2.75, 3.05) is 6.61 Å². The predicted molar refractivity (Wildman–Crippen MR) is 105 cm³/mol. The van der Waals surface area contributed by atoms with Gasteiger partial charge < -0.3 is 9.30 Å². The highest BCUT2D eigenvalue weighted by Gasteiger charge is 2.17. The van der Waals surface area contributed by atoms with Gasteiger partial charge in [-0.3, -0.25) is 19.1 Å². The Morgan fingerprint density at radius 3 is 2.64 bits per heavy atom. The topological polar surface area (TPSA) is 83.2 Å². The zero-order valence-electron chi connectivity index (χ0n) is 16.3. The number of hydrogen-bond donors (Lipinski definition) is 0. The standard InChI is InChI=1S/C21H23N3O4/c1-4-23-14(2)11-17(15(23)3)20(26)13-28-21(27)9-10-24-18-8-6-5-7-16(18)19(25)12-22-24/h5-8,11-12H,4,9-10,13H2,1-3H3. The van der Waals surface area contributed by atoms with Crippen LogP contribution >= 0.6 is 0 Å². The molecule has 2 heterocycles. The third-order valence-electron chi connectivity index (χ3n) is 4.84. The van der Waals surface area contributed by atoms with Crippen molar-refractivity contribution in [1.82, 2.24) is 14.3 Å². The van der Waals surface area contributed by atoms with Crippen molar-refractivity contribution in [2.24, 2.45) is 0 Å². The lowest BCUT2D eigenvalue weighted by molar-refractivity contribution is -0.142. The maximum absolute atomic E-state index is 12.4. The molecule has 28 heavy (non-hydrogen) atoms. The molecule has 0 aliphatic rings. The number of nitrogens with zero attached hydrogens (tertiary/aromatic N) is 3. The first-order chi connectivity index (χ1) is 13.4. The van der Waals surface area contributed by atoms with Gasteiger partial charge in [0.05, 0.1) is 24.7 Å². The summed E-state index contributed by atoms with van der Waals surface area (Å²) in [5.41, 5.74) is 2.96. The molecule has 0 radical (unpaired) electrons. The molecule has 0 aliphatic heterocycles. The van der Waals surface area contributed by atoms with Gasteiger partial charge >= 0.3 is 5.97 Å². The smallest absolute Gasteiger partial charge is 0.308 e. The molecular weight excluding hydrogens is 358 g/mol. The van der Waals surface area contributed by atoms with Gasteiger partial charge in [-0.1, -0.05) is 12.1 Å². The number of esters is 1. The van der Waals surface area contributed by atoms with Crippen LogP contribution in [0.15, 0.2) is 41.3 Å². The summed E-state index contributed by atoms with van der Waals surface area (Å²) in [6.07, 6.45) is 1.29. The van der Waals surface area contributed by atoms with E-state index in [1.807, 2.05) is 37.5 Å². The molecule has 0 spiro atoms. The Kier molecular flexibility index (Phi) is 5.73. The fourth-order valence-corrected chi connectivity index (χ4v) is 3.40. The summed E-state index contributed by atoms with van der Waals surface area (Å²) in [7, 11) is 0. The largest absolute Gasteiger partial charge is 0.457 e. The predicted octanol–water partition coefficient (Wildman–Crippen LogP) is 2.65. The van der Waals surface area contributed by atoms with E-state index in [2.05, 4.69) is 5.10 Å². The Hall–Kier alpha value is -3.22.